The van der Waals surface area contributed by atoms with Crippen LogP contribution in [0.4, 0.5) is 4.79 Å². The van der Waals surface area contributed by atoms with E-state index in [0.29, 0.717) is 11.8 Å². The SMILES string of the molecule is O=C(O)CC1(NC(=O)OCC2c3ccccc3-c3ccccc32)CC(C2CCC2)C1. The average molecular weight is 405 g/mol. The minimum Gasteiger partial charge on any atom is -0.481 e. The normalized spacial score (nSPS) is 24.9. The molecule has 3 aliphatic rings. The van der Waals surface area contributed by atoms with Crippen LogP contribution in [0.15, 0.2) is 48.5 Å². The van der Waals surface area contributed by atoms with Gasteiger partial charge < -0.3 is 15.2 Å². The average Bonchev–Trinajstić information content (AvgIpc) is 2.97. The highest BCUT2D eigenvalue weighted by Crippen LogP contribution is 2.50. The molecule has 5 rings (SSSR count). The first-order valence-electron chi connectivity index (χ1n) is 10.9. The Morgan fingerprint density at radius 3 is 2.10 bits per heavy atom. The van der Waals surface area contributed by atoms with E-state index in [4.69, 9.17) is 4.74 Å². The van der Waals surface area contributed by atoms with Crippen molar-refractivity contribution in [2.45, 2.75) is 50.0 Å². The number of nitrogens with one attached hydrogen (secondary N) is 1. The van der Waals surface area contributed by atoms with E-state index in [1.54, 1.807) is 0 Å². The second kappa shape index (κ2) is 7.46. The zero-order valence-electron chi connectivity index (χ0n) is 17.0. The van der Waals surface area contributed by atoms with E-state index in [9.17, 15) is 14.7 Å². The molecule has 1 amide bonds. The first-order valence-corrected chi connectivity index (χ1v) is 10.9. The molecule has 0 spiro atoms. The van der Waals surface area contributed by atoms with Crippen LogP contribution < -0.4 is 5.32 Å². The number of alkyl carbamates (subject to hydrolysis) is 1. The summed E-state index contributed by atoms with van der Waals surface area (Å²) in [5.74, 6) is 0.368. The Morgan fingerprint density at radius 2 is 1.57 bits per heavy atom. The van der Waals surface area contributed by atoms with Gasteiger partial charge in [0.05, 0.1) is 12.0 Å². The van der Waals surface area contributed by atoms with Crippen molar-refractivity contribution in [3.63, 3.8) is 0 Å². The first kappa shape index (κ1) is 19.2. The third kappa shape index (κ3) is 3.36. The highest BCUT2D eigenvalue weighted by atomic mass is 16.5. The van der Waals surface area contributed by atoms with Crippen molar-refractivity contribution in [1.82, 2.24) is 5.32 Å². The Kier molecular flexibility index (Phi) is 4.76. The number of fused-ring (bicyclic) bond motifs is 3. The summed E-state index contributed by atoms with van der Waals surface area (Å²) in [7, 11) is 0. The van der Waals surface area contributed by atoms with E-state index in [-0.39, 0.29) is 18.9 Å². The molecule has 3 aliphatic carbocycles. The minimum atomic E-state index is -0.874. The number of carbonyl (C=O) groups excluding carboxylic acids is 1. The fraction of sp³-hybridized carbons (Fsp3) is 0.440. The summed E-state index contributed by atoms with van der Waals surface area (Å²) in [6.07, 6.45) is 4.68. The highest BCUT2D eigenvalue weighted by molar-refractivity contribution is 5.79. The molecule has 0 bridgehead atoms. The molecule has 2 saturated carbocycles. The number of rotatable bonds is 6. The minimum absolute atomic E-state index is 0.00249. The third-order valence-electron chi connectivity index (χ3n) is 7.32. The number of amides is 1. The largest absolute Gasteiger partial charge is 0.481 e. The Hall–Kier alpha value is -2.82. The fourth-order valence-corrected chi connectivity index (χ4v) is 5.62. The van der Waals surface area contributed by atoms with E-state index in [2.05, 4.69) is 29.6 Å². The molecule has 0 heterocycles. The molecule has 2 aromatic carbocycles. The summed E-state index contributed by atoms with van der Waals surface area (Å²) < 4.78 is 5.65. The van der Waals surface area contributed by atoms with Crippen LogP contribution in [-0.2, 0) is 9.53 Å². The van der Waals surface area contributed by atoms with Crippen LogP contribution in [0.25, 0.3) is 11.1 Å². The fourth-order valence-electron chi connectivity index (χ4n) is 5.62. The van der Waals surface area contributed by atoms with Gasteiger partial charge in [0, 0.05) is 5.92 Å². The molecule has 2 aromatic rings. The standard InChI is InChI=1S/C25H27NO4/c27-23(28)14-25(12-17(13-25)16-6-5-7-16)26-24(29)30-15-22-20-10-3-1-8-18(20)19-9-2-4-11-21(19)22/h1-4,8-11,16-17,22H,5-7,12-15H2,(H,26,29)(H,27,28). The third-order valence-corrected chi connectivity index (χ3v) is 7.32. The Labute approximate surface area is 176 Å². The Bertz CT molecular complexity index is 929. The quantitative estimate of drug-likeness (QED) is 0.713. The Morgan fingerprint density at radius 1 is 0.967 bits per heavy atom. The summed E-state index contributed by atoms with van der Waals surface area (Å²) in [4.78, 5) is 24.0. The van der Waals surface area contributed by atoms with Crippen molar-refractivity contribution < 1.29 is 19.4 Å². The molecule has 2 N–H and O–H groups in total. The van der Waals surface area contributed by atoms with Crippen LogP contribution >= 0.6 is 0 Å². The van der Waals surface area contributed by atoms with Crippen LogP contribution in [0.2, 0.25) is 0 Å². The van der Waals surface area contributed by atoms with Gasteiger partial charge in [-0.25, -0.2) is 4.79 Å². The van der Waals surface area contributed by atoms with E-state index in [0.717, 1.165) is 12.8 Å². The van der Waals surface area contributed by atoms with Crippen LogP contribution in [0.1, 0.15) is 55.6 Å². The van der Waals surface area contributed by atoms with Crippen molar-refractivity contribution in [3.05, 3.63) is 59.7 Å². The van der Waals surface area contributed by atoms with Crippen molar-refractivity contribution in [2.24, 2.45) is 11.8 Å². The van der Waals surface area contributed by atoms with E-state index >= 15 is 0 Å². The van der Waals surface area contributed by atoms with Crippen molar-refractivity contribution in [3.8, 4) is 11.1 Å². The summed E-state index contributed by atoms with van der Waals surface area (Å²) in [5, 5.41) is 12.3. The van der Waals surface area contributed by atoms with Crippen molar-refractivity contribution >= 4 is 12.1 Å². The van der Waals surface area contributed by atoms with Crippen LogP contribution in [0, 0.1) is 11.8 Å². The molecular formula is C25H27NO4. The molecule has 5 heteroatoms. The summed E-state index contributed by atoms with van der Waals surface area (Å²) in [5.41, 5.74) is 4.05. The van der Waals surface area contributed by atoms with Crippen molar-refractivity contribution in [2.75, 3.05) is 6.61 Å². The number of carboxylic acid groups (broad SMARTS) is 1. The topological polar surface area (TPSA) is 75.6 Å². The Balaban J connectivity index is 1.25. The van der Waals surface area contributed by atoms with Gasteiger partial charge in [-0.05, 0) is 46.9 Å². The van der Waals surface area contributed by atoms with Gasteiger partial charge in [0.15, 0.2) is 0 Å². The number of carboxylic acids is 1. The van der Waals surface area contributed by atoms with Gasteiger partial charge in [0.1, 0.15) is 6.61 Å². The van der Waals surface area contributed by atoms with Crippen LogP contribution in [-0.4, -0.2) is 29.3 Å². The monoisotopic (exact) mass is 405 g/mol. The van der Waals surface area contributed by atoms with Gasteiger partial charge >= 0.3 is 12.1 Å². The van der Waals surface area contributed by atoms with Gasteiger partial charge in [-0.15, -0.1) is 0 Å². The van der Waals surface area contributed by atoms with Gasteiger partial charge in [-0.1, -0.05) is 67.8 Å². The molecule has 0 aromatic heterocycles. The molecular weight excluding hydrogens is 378 g/mol. The lowest BCUT2D eigenvalue weighted by molar-refractivity contribution is -0.140. The molecule has 0 aliphatic heterocycles. The van der Waals surface area contributed by atoms with Gasteiger partial charge in [0.2, 0.25) is 0 Å². The molecule has 30 heavy (non-hydrogen) atoms. The maximum atomic E-state index is 12.6. The first-order chi connectivity index (χ1) is 14.5. The van der Waals surface area contributed by atoms with Crippen LogP contribution in [0.3, 0.4) is 0 Å². The van der Waals surface area contributed by atoms with Crippen molar-refractivity contribution in [1.29, 1.82) is 0 Å². The molecule has 2 fully saturated rings. The molecule has 0 unspecified atom stereocenters. The second-order valence-corrected chi connectivity index (χ2v) is 9.16. The van der Waals surface area contributed by atoms with E-state index in [1.807, 2.05) is 24.3 Å². The zero-order chi connectivity index (χ0) is 20.7. The number of ether oxygens (including phenoxy) is 1. The number of carbonyl (C=O) groups is 2. The van der Waals surface area contributed by atoms with Gasteiger partial charge in [0.25, 0.3) is 0 Å². The molecule has 5 nitrogen and oxygen atoms in total. The van der Waals surface area contributed by atoms with E-state index in [1.165, 1.54) is 41.5 Å². The summed E-state index contributed by atoms with van der Waals surface area (Å²) in [6, 6.07) is 16.4. The maximum absolute atomic E-state index is 12.6. The van der Waals surface area contributed by atoms with Gasteiger partial charge in [-0.2, -0.15) is 0 Å². The highest BCUT2D eigenvalue weighted by Gasteiger charge is 2.50. The molecule has 0 saturated heterocycles. The predicted octanol–water partition coefficient (Wildman–Crippen LogP) is 4.95. The summed E-state index contributed by atoms with van der Waals surface area (Å²) in [6.45, 7) is 0.245. The molecule has 0 atom stereocenters. The zero-order valence-corrected chi connectivity index (χ0v) is 17.0. The molecule has 156 valence electrons. The smallest absolute Gasteiger partial charge is 0.407 e. The second-order valence-electron chi connectivity index (χ2n) is 9.16. The summed E-state index contributed by atoms with van der Waals surface area (Å²) >= 11 is 0. The number of hydrogen-bond acceptors (Lipinski definition) is 3. The predicted molar refractivity (Wildman–Crippen MR) is 113 cm³/mol. The lowest BCUT2D eigenvalue weighted by Crippen LogP contribution is -2.60. The number of benzene rings is 2. The number of hydrogen-bond donors (Lipinski definition) is 2. The van der Waals surface area contributed by atoms with Crippen LogP contribution in [0.5, 0.6) is 0 Å². The maximum Gasteiger partial charge on any atom is 0.407 e. The number of aliphatic carboxylic acids is 1. The molecule has 0 radical (unpaired) electrons. The lowest BCUT2D eigenvalue weighted by atomic mass is 9.58. The van der Waals surface area contributed by atoms with Gasteiger partial charge in [-0.3, -0.25) is 4.79 Å². The lowest BCUT2D eigenvalue weighted by Gasteiger charge is -2.52. The van der Waals surface area contributed by atoms with E-state index < -0.39 is 17.6 Å².